The summed E-state index contributed by atoms with van der Waals surface area (Å²) in [6, 6.07) is 0. The van der Waals surface area contributed by atoms with Gasteiger partial charge >= 0.3 is 0 Å². The van der Waals surface area contributed by atoms with Gasteiger partial charge in [0, 0.05) is 0 Å². The lowest BCUT2D eigenvalue weighted by atomic mass is 10.1. The van der Waals surface area contributed by atoms with Crippen LogP contribution in [0, 0.1) is 0 Å². The van der Waals surface area contributed by atoms with Crippen LogP contribution in [-0.4, -0.2) is 8.07 Å². The highest BCUT2D eigenvalue weighted by atomic mass is 32.1. The first kappa shape index (κ1) is 11.0. The van der Waals surface area contributed by atoms with Crippen LogP contribution in [0.25, 0.3) is 0 Å². The summed E-state index contributed by atoms with van der Waals surface area (Å²) in [4.78, 5) is 0. The summed E-state index contributed by atoms with van der Waals surface area (Å²) in [6.07, 6.45) is 3.94. The first-order chi connectivity index (χ1) is 6.05. The highest BCUT2D eigenvalue weighted by Gasteiger charge is 2.20. The van der Waals surface area contributed by atoms with E-state index in [0.29, 0.717) is 0 Å². The molecule has 0 nitrogen and oxygen atoms in total. The van der Waals surface area contributed by atoms with Crippen LogP contribution >= 0.6 is 11.3 Å². The van der Waals surface area contributed by atoms with Gasteiger partial charge in [0.25, 0.3) is 0 Å². The fourth-order valence-electron chi connectivity index (χ4n) is 1.54. The second-order valence-electron chi connectivity index (χ2n) is 4.66. The highest BCUT2D eigenvalue weighted by Crippen LogP contribution is 2.14. The predicted molar refractivity (Wildman–Crippen MR) is 65.9 cm³/mol. The van der Waals surface area contributed by atoms with E-state index in [2.05, 4.69) is 37.3 Å². The minimum absolute atomic E-state index is 1.07. The van der Waals surface area contributed by atoms with Gasteiger partial charge in [-0.2, -0.15) is 11.3 Å². The zero-order valence-corrected chi connectivity index (χ0v) is 11.0. The summed E-state index contributed by atoms with van der Waals surface area (Å²) in [6.45, 7) is 9.57. The third kappa shape index (κ3) is 2.95. The molecule has 13 heavy (non-hydrogen) atoms. The second kappa shape index (κ2) is 4.42. The molecule has 0 spiro atoms. The molecule has 0 saturated carbocycles. The van der Waals surface area contributed by atoms with Gasteiger partial charge in [-0.3, -0.25) is 0 Å². The molecule has 1 rings (SSSR count). The Morgan fingerprint density at radius 1 is 1.23 bits per heavy atom. The lowest BCUT2D eigenvalue weighted by molar-refractivity contribution is 0.799. The van der Waals surface area contributed by atoms with Crippen LogP contribution in [-0.2, 0) is 6.42 Å². The average molecular weight is 212 g/mol. The van der Waals surface area contributed by atoms with Crippen molar-refractivity contribution in [3.8, 4) is 0 Å². The Kier molecular flexibility index (Phi) is 3.74. The van der Waals surface area contributed by atoms with E-state index in [1.165, 1.54) is 19.3 Å². The highest BCUT2D eigenvalue weighted by molar-refractivity contribution is 7.10. The van der Waals surface area contributed by atoms with E-state index < -0.39 is 8.07 Å². The minimum Gasteiger partial charge on any atom is -0.152 e. The maximum absolute atomic E-state index is 2.44. The topological polar surface area (TPSA) is 0 Å². The van der Waals surface area contributed by atoms with E-state index >= 15 is 0 Å². The van der Waals surface area contributed by atoms with Crippen LogP contribution in [0.3, 0.4) is 0 Å². The van der Waals surface area contributed by atoms with E-state index in [-0.39, 0.29) is 0 Å². The summed E-state index contributed by atoms with van der Waals surface area (Å²) < 4.78 is 0. The zero-order valence-electron chi connectivity index (χ0n) is 9.18. The molecule has 0 fully saturated rings. The van der Waals surface area contributed by atoms with Crippen molar-refractivity contribution in [2.75, 3.05) is 0 Å². The van der Waals surface area contributed by atoms with Crippen LogP contribution in [0.15, 0.2) is 10.8 Å². The Morgan fingerprint density at radius 3 is 2.46 bits per heavy atom. The van der Waals surface area contributed by atoms with E-state index in [9.17, 15) is 0 Å². The summed E-state index contributed by atoms with van der Waals surface area (Å²) in [7, 11) is -1.07. The predicted octanol–water partition coefficient (Wildman–Crippen LogP) is 3.64. The van der Waals surface area contributed by atoms with Crippen molar-refractivity contribution in [3.63, 3.8) is 0 Å². The molecule has 0 radical (unpaired) electrons. The van der Waals surface area contributed by atoms with Crippen molar-refractivity contribution in [1.29, 1.82) is 0 Å². The molecule has 2 heteroatoms. The van der Waals surface area contributed by atoms with Crippen LogP contribution in [0.4, 0.5) is 0 Å². The smallest absolute Gasteiger partial charge is 0.0790 e. The molecule has 0 saturated heterocycles. The van der Waals surface area contributed by atoms with Gasteiger partial charge in [0.05, 0.1) is 8.07 Å². The number of unbranched alkanes of at least 4 members (excludes halogenated alkanes) is 1. The third-order valence-corrected chi connectivity index (χ3v) is 5.43. The molecule has 0 atom stereocenters. The normalized spacial score (nSPS) is 12.0. The van der Waals surface area contributed by atoms with E-state index in [1.807, 2.05) is 11.3 Å². The largest absolute Gasteiger partial charge is 0.152 e. The molecule has 0 aromatic carbocycles. The van der Waals surface area contributed by atoms with Crippen LogP contribution in [0.5, 0.6) is 0 Å². The number of thiophene rings is 1. The molecular formula is C11H20SSi. The quantitative estimate of drug-likeness (QED) is 0.669. The monoisotopic (exact) mass is 212 g/mol. The summed E-state index contributed by atoms with van der Waals surface area (Å²) in [5.41, 5.74) is 1.63. The summed E-state index contributed by atoms with van der Waals surface area (Å²) >= 11 is 1.88. The fraction of sp³-hybridized carbons (Fsp3) is 0.636. The molecule has 0 aliphatic heterocycles. The molecule has 0 unspecified atom stereocenters. The Labute approximate surface area is 87.0 Å². The molecule has 0 amide bonds. The number of rotatable bonds is 4. The fourth-order valence-corrected chi connectivity index (χ4v) is 5.19. The zero-order chi connectivity index (χ0) is 9.90. The van der Waals surface area contributed by atoms with Gasteiger partial charge in [0.1, 0.15) is 0 Å². The number of hydrogen-bond acceptors (Lipinski definition) is 1. The van der Waals surface area contributed by atoms with Crippen molar-refractivity contribution in [2.45, 2.75) is 45.8 Å². The van der Waals surface area contributed by atoms with Gasteiger partial charge in [0.15, 0.2) is 0 Å². The second-order valence-corrected chi connectivity index (χ2v) is 10.4. The molecular weight excluding hydrogens is 192 g/mol. The Morgan fingerprint density at radius 2 is 1.92 bits per heavy atom. The molecule has 1 aromatic heterocycles. The van der Waals surface area contributed by atoms with Crippen molar-refractivity contribution in [1.82, 2.24) is 0 Å². The van der Waals surface area contributed by atoms with Crippen molar-refractivity contribution in [2.24, 2.45) is 0 Å². The molecule has 1 heterocycles. The Balaban J connectivity index is 2.77. The number of hydrogen-bond donors (Lipinski definition) is 0. The van der Waals surface area contributed by atoms with Gasteiger partial charge in [-0.1, -0.05) is 33.0 Å². The van der Waals surface area contributed by atoms with Crippen LogP contribution < -0.4 is 5.19 Å². The first-order valence-corrected chi connectivity index (χ1v) is 9.55. The lowest BCUT2D eigenvalue weighted by Crippen LogP contribution is -2.38. The van der Waals surface area contributed by atoms with E-state index in [1.54, 1.807) is 10.8 Å². The molecule has 74 valence electrons. The molecule has 0 aliphatic rings. The molecule has 1 aromatic rings. The van der Waals surface area contributed by atoms with E-state index in [4.69, 9.17) is 0 Å². The van der Waals surface area contributed by atoms with Crippen LogP contribution in [0.2, 0.25) is 19.6 Å². The van der Waals surface area contributed by atoms with Crippen molar-refractivity contribution < 1.29 is 0 Å². The SMILES string of the molecule is CCCCc1cscc1[Si](C)(C)C. The third-order valence-electron chi connectivity index (χ3n) is 2.35. The Hall–Kier alpha value is -0.0831. The summed E-state index contributed by atoms with van der Waals surface area (Å²) in [5, 5.41) is 6.41. The van der Waals surface area contributed by atoms with Gasteiger partial charge in [-0.25, -0.2) is 0 Å². The van der Waals surface area contributed by atoms with Crippen molar-refractivity contribution >= 4 is 24.6 Å². The lowest BCUT2D eigenvalue weighted by Gasteiger charge is -2.17. The van der Waals surface area contributed by atoms with Gasteiger partial charge in [0.2, 0.25) is 0 Å². The maximum atomic E-state index is 2.44. The molecule has 0 aliphatic carbocycles. The van der Waals surface area contributed by atoms with Crippen LogP contribution in [0.1, 0.15) is 25.3 Å². The first-order valence-electron chi connectivity index (χ1n) is 5.11. The maximum Gasteiger partial charge on any atom is 0.0790 e. The number of aryl methyl sites for hydroxylation is 1. The minimum atomic E-state index is -1.07. The van der Waals surface area contributed by atoms with Gasteiger partial charge in [-0.05, 0) is 34.4 Å². The standard InChI is InChI=1S/C11H20SSi/c1-5-6-7-10-8-12-9-11(10)13(2,3)4/h8-9H,5-7H2,1-4H3. The molecule has 0 bridgehead atoms. The van der Waals surface area contributed by atoms with E-state index in [0.717, 1.165) is 0 Å². The average Bonchev–Trinajstić information content (AvgIpc) is 2.47. The summed E-state index contributed by atoms with van der Waals surface area (Å²) in [5.74, 6) is 0. The van der Waals surface area contributed by atoms with Crippen molar-refractivity contribution in [3.05, 3.63) is 16.3 Å². The van der Waals surface area contributed by atoms with Gasteiger partial charge in [-0.15, -0.1) is 0 Å². The van der Waals surface area contributed by atoms with Gasteiger partial charge < -0.3 is 0 Å². The Bertz CT molecular complexity index is 257. The molecule has 0 N–H and O–H groups in total.